The van der Waals surface area contributed by atoms with Crippen molar-refractivity contribution in [1.29, 1.82) is 0 Å². The number of nitrogen functional groups attached to an aromatic ring is 1. The molecule has 1 aromatic carbocycles. The van der Waals surface area contributed by atoms with Crippen LogP contribution in [0.1, 0.15) is 12.5 Å². The van der Waals surface area contributed by atoms with E-state index in [0.29, 0.717) is 43.1 Å². The molecule has 0 bridgehead atoms. The van der Waals surface area contributed by atoms with Crippen molar-refractivity contribution in [3.63, 3.8) is 0 Å². The van der Waals surface area contributed by atoms with Crippen LogP contribution in [-0.4, -0.2) is 74.3 Å². The Morgan fingerprint density at radius 1 is 1.14 bits per heavy atom. The Kier molecular flexibility index (Phi) is 6.55. The van der Waals surface area contributed by atoms with Crippen LogP contribution >= 0.6 is 0 Å². The molecule has 182 valence electrons. The number of fused-ring (bicyclic) bond motifs is 1. The predicted octanol–water partition coefficient (Wildman–Crippen LogP) is 1.68. The second-order valence-electron chi connectivity index (χ2n) is 8.22. The van der Waals surface area contributed by atoms with Gasteiger partial charge in [-0.1, -0.05) is 12.1 Å². The molecule has 12 heteroatoms. The highest BCUT2D eigenvalue weighted by Gasteiger charge is 2.23. The van der Waals surface area contributed by atoms with Crippen LogP contribution in [-0.2, 0) is 16.0 Å². The Bertz CT molecular complexity index is 1280. The zero-order valence-electron chi connectivity index (χ0n) is 19.3. The van der Waals surface area contributed by atoms with E-state index in [-0.39, 0.29) is 17.9 Å². The molecular formula is C23H27N9O3. The molecule has 1 aliphatic rings. The van der Waals surface area contributed by atoms with E-state index in [1.165, 1.54) is 4.52 Å². The van der Waals surface area contributed by atoms with E-state index in [4.69, 9.17) is 14.9 Å². The highest BCUT2D eigenvalue weighted by atomic mass is 16.5. The minimum atomic E-state index is -0.201. The topological polar surface area (TPSA) is 149 Å². The third kappa shape index (κ3) is 5.23. The van der Waals surface area contributed by atoms with E-state index in [0.717, 1.165) is 30.8 Å². The molecule has 1 aliphatic heterocycles. The molecule has 0 spiro atoms. The fourth-order valence-electron chi connectivity index (χ4n) is 3.85. The van der Waals surface area contributed by atoms with Gasteiger partial charge >= 0.3 is 0 Å². The van der Waals surface area contributed by atoms with Gasteiger partial charge in [0.2, 0.25) is 23.6 Å². The maximum absolute atomic E-state index is 12.6. The average Bonchev–Trinajstić information content (AvgIpc) is 3.56. The number of rotatable bonds is 8. The van der Waals surface area contributed by atoms with Crippen molar-refractivity contribution in [2.24, 2.45) is 0 Å². The minimum Gasteiger partial charge on any atom is -0.461 e. The highest BCUT2D eigenvalue weighted by Crippen LogP contribution is 2.18. The Morgan fingerprint density at radius 2 is 1.94 bits per heavy atom. The maximum Gasteiger partial charge on any atom is 0.259 e. The van der Waals surface area contributed by atoms with Gasteiger partial charge in [-0.15, -0.1) is 5.10 Å². The number of nitrogens with zero attached hydrogens (tertiary/aromatic N) is 6. The molecule has 0 aliphatic carbocycles. The van der Waals surface area contributed by atoms with E-state index in [2.05, 4.69) is 35.6 Å². The lowest BCUT2D eigenvalue weighted by Gasteiger charge is -2.31. The number of amides is 1. The lowest BCUT2D eigenvalue weighted by molar-refractivity contribution is -0.122. The van der Waals surface area contributed by atoms with Crippen LogP contribution in [0.5, 0.6) is 0 Å². The Morgan fingerprint density at radius 3 is 2.69 bits per heavy atom. The molecule has 1 amide bonds. The molecule has 1 saturated heterocycles. The fourth-order valence-corrected chi connectivity index (χ4v) is 3.85. The van der Waals surface area contributed by atoms with Gasteiger partial charge in [0, 0.05) is 25.3 Å². The molecule has 3 aromatic heterocycles. The van der Waals surface area contributed by atoms with Crippen LogP contribution in [0.3, 0.4) is 0 Å². The van der Waals surface area contributed by atoms with E-state index < -0.39 is 0 Å². The summed E-state index contributed by atoms with van der Waals surface area (Å²) in [7, 11) is 0. The molecule has 5 rings (SSSR count). The van der Waals surface area contributed by atoms with E-state index in [1.807, 2.05) is 31.2 Å². The lowest BCUT2D eigenvalue weighted by Crippen LogP contribution is -2.47. The van der Waals surface area contributed by atoms with Crippen LogP contribution in [0.4, 0.5) is 17.6 Å². The number of aromatic nitrogens is 5. The number of benzene rings is 1. The van der Waals surface area contributed by atoms with Gasteiger partial charge in [-0.3, -0.25) is 9.69 Å². The number of ether oxygens (including phenoxy) is 1. The van der Waals surface area contributed by atoms with Crippen molar-refractivity contribution in [2.75, 3.05) is 49.2 Å². The third-order valence-electron chi connectivity index (χ3n) is 5.87. The highest BCUT2D eigenvalue weighted by molar-refractivity contribution is 5.94. The molecule has 0 radical (unpaired) electrons. The lowest BCUT2D eigenvalue weighted by atomic mass is 10.1. The van der Waals surface area contributed by atoms with Gasteiger partial charge < -0.3 is 25.5 Å². The zero-order valence-corrected chi connectivity index (χ0v) is 19.3. The average molecular weight is 478 g/mol. The number of morpholine rings is 1. The number of hydrogen-bond acceptors (Lipinski definition) is 10. The number of nitrogens with two attached hydrogens (primary N) is 1. The summed E-state index contributed by atoms with van der Waals surface area (Å²) in [5, 5.41) is 10.5. The van der Waals surface area contributed by atoms with Crippen molar-refractivity contribution in [1.82, 2.24) is 29.5 Å². The monoisotopic (exact) mass is 477 g/mol. The van der Waals surface area contributed by atoms with Gasteiger partial charge in [0.25, 0.3) is 5.78 Å². The standard InChI is InChI=1S/C23H27N9O3/c1-15(31-10-13-34-14-11-31)20(33)26-17-6-4-16(5-7-17)8-9-25-22-28-21(24)32-23(29-22)27-19(30-32)18-3-2-12-35-18/h2-7,12,15H,8-11,13-14H2,1H3,(H,26,33)(H3,24,25,27,28,29,30). The molecule has 1 atom stereocenters. The maximum atomic E-state index is 12.6. The van der Waals surface area contributed by atoms with Gasteiger partial charge in [0.05, 0.1) is 25.5 Å². The van der Waals surface area contributed by atoms with Gasteiger partial charge in [0.1, 0.15) is 0 Å². The van der Waals surface area contributed by atoms with Crippen molar-refractivity contribution in [2.45, 2.75) is 19.4 Å². The van der Waals surface area contributed by atoms with Gasteiger partial charge in [0.15, 0.2) is 5.76 Å². The van der Waals surface area contributed by atoms with Crippen LogP contribution in [0.25, 0.3) is 17.4 Å². The summed E-state index contributed by atoms with van der Waals surface area (Å²) in [6, 6.07) is 11.1. The van der Waals surface area contributed by atoms with Gasteiger partial charge in [-0.25, -0.2) is 0 Å². The number of furan rings is 1. The van der Waals surface area contributed by atoms with E-state index in [1.54, 1.807) is 18.4 Å². The first-order valence-corrected chi connectivity index (χ1v) is 11.5. The number of anilines is 3. The summed E-state index contributed by atoms with van der Waals surface area (Å²) in [4.78, 5) is 27.7. The van der Waals surface area contributed by atoms with Crippen molar-refractivity contribution < 1.29 is 13.9 Å². The Balaban J connectivity index is 1.15. The predicted molar refractivity (Wildman–Crippen MR) is 130 cm³/mol. The second kappa shape index (κ2) is 10.1. The number of hydrogen-bond donors (Lipinski definition) is 3. The Hall–Kier alpha value is -4.03. The molecule has 0 saturated carbocycles. The summed E-state index contributed by atoms with van der Waals surface area (Å²) < 4.78 is 12.1. The van der Waals surface area contributed by atoms with Crippen LogP contribution in [0.15, 0.2) is 47.1 Å². The van der Waals surface area contributed by atoms with Crippen molar-refractivity contribution >= 4 is 29.3 Å². The summed E-state index contributed by atoms with van der Waals surface area (Å²) in [6.45, 7) is 5.38. The number of nitrogens with one attached hydrogen (secondary N) is 2. The molecule has 35 heavy (non-hydrogen) atoms. The molecule has 1 fully saturated rings. The molecule has 4 aromatic rings. The smallest absolute Gasteiger partial charge is 0.259 e. The normalized spacial score (nSPS) is 15.2. The van der Waals surface area contributed by atoms with Crippen molar-refractivity contribution in [3.05, 3.63) is 48.2 Å². The minimum absolute atomic E-state index is 0.0184. The van der Waals surface area contributed by atoms with Crippen LogP contribution in [0.2, 0.25) is 0 Å². The SMILES string of the molecule is CC(C(=O)Nc1ccc(CCNc2nc(N)n3nc(-c4ccco4)nc3n2)cc1)N1CCOCC1. The van der Waals surface area contributed by atoms with Crippen LogP contribution in [0, 0.1) is 0 Å². The molecule has 4 heterocycles. The first-order chi connectivity index (χ1) is 17.1. The molecular weight excluding hydrogens is 450 g/mol. The van der Waals surface area contributed by atoms with Gasteiger partial charge in [-0.2, -0.15) is 19.5 Å². The first-order valence-electron chi connectivity index (χ1n) is 11.5. The summed E-state index contributed by atoms with van der Waals surface area (Å²) in [5.74, 6) is 1.77. The first kappa shape index (κ1) is 22.7. The number of carbonyl (C=O) groups is 1. The number of carbonyl (C=O) groups excluding carboxylic acids is 1. The summed E-state index contributed by atoms with van der Waals surface area (Å²) in [5.41, 5.74) is 7.90. The van der Waals surface area contributed by atoms with Gasteiger partial charge in [-0.05, 0) is 43.2 Å². The van der Waals surface area contributed by atoms with E-state index >= 15 is 0 Å². The molecule has 1 unspecified atom stereocenters. The molecule has 4 N–H and O–H groups in total. The van der Waals surface area contributed by atoms with Crippen molar-refractivity contribution in [3.8, 4) is 11.6 Å². The second-order valence-corrected chi connectivity index (χ2v) is 8.22. The van der Waals surface area contributed by atoms with Crippen LogP contribution < -0.4 is 16.4 Å². The fraction of sp³-hybridized carbons (Fsp3) is 0.348. The zero-order chi connectivity index (χ0) is 24.2. The van der Waals surface area contributed by atoms with E-state index in [9.17, 15) is 4.79 Å². The molecule has 12 nitrogen and oxygen atoms in total. The largest absolute Gasteiger partial charge is 0.461 e. The Labute approximate surface area is 201 Å². The summed E-state index contributed by atoms with van der Waals surface area (Å²) >= 11 is 0. The third-order valence-corrected chi connectivity index (χ3v) is 5.87. The quantitative estimate of drug-likeness (QED) is 0.342. The summed E-state index contributed by atoms with van der Waals surface area (Å²) in [6.07, 6.45) is 2.28.